The third-order valence-electron chi connectivity index (χ3n) is 5.50. The molecule has 4 rings (SSSR count). The maximum atomic E-state index is 13.5. The lowest BCUT2D eigenvalue weighted by atomic mass is 10.0. The van der Waals surface area contributed by atoms with E-state index in [0.717, 1.165) is 37.8 Å². The molecule has 26 heavy (non-hydrogen) atoms. The molecular weight excluding hydrogens is 341 g/mol. The Bertz CT molecular complexity index is 764. The van der Waals surface area contributed by atoms with Crippen LogP contribution in [0.15, 0.2) is 18.2 Å². The molecule has 8 heteroatoms. The van der Waals surface area contributed by atoms with E-state index in [1.54, 1.807) is 0 Å². The van der Waals surface area contributed by atoms with Gasteiger partial charge >= 0.3 is 5.69 Å². The number of hydrogen-bond acceptors (Lipinski definition) is 4. The number of amides is 2. The van der Waals surface area contributed by atoms with E-state index in [1.165, 1.54) is 11.0 Å². The molecule has 138 valence electrons. The fourth-order valence-corrected chi connectivity index (χ4v) is 3.76. The molecule has 2 saturated carbocycles. The summed E-state index contributed by atoms with van der Waals surface area (Å²) in [5.41, 5.74) is -0.426. The predicted octanol–water partition coefficient (Wildman–Crippen LogP) is 2.39. The molecule has 1 saturated heterocycles. The van der Waals surface area contributed by atoms with Crippen LogP contribution >= 0.6 is 0 Å². The highest BCUT2D eigenvalue weighted by atomic mass is 19.1. The zero-order valence-corrected chi connectivity index (χ0v) is 14.2. The standard InChI is InChI=1S/C18H20FN3O4/c19-14-6-5-13(8-15(14)22(25)26)21-9-12(7-16(21)23)18(24)20-17(10-1-2-10)11-3-4-11/h5-6,8,10-12,17H,1-4,7,9H2,(H,20,24)/t12-/m1/s1. The van der Waals surface area contributed by atoms with E-state index < -0.39 is 22.3 Å². The van der Waals surface area contributed by atoms with Crippen LogP contribution in [0, 0.1) is 33.7 Å². The third-order valence-corrected chi connectivity index (χ3v) is 5.50. The van der Waals surface area contributed by atoms with Crippen LogP contribution in [0.1, 0.15) is 32.1 Å². The van der Waals surface area contributed by atoms with E-state index in [-0.39, 0.29) is 36.5 Å². The second kappa shape index (κ2) is 6.34. The number of rotatable bonds is 6. The molecule has 2 aliphatic carbocycles. The number of anilines is 1. The highest BCUT2D eigenvalue weighted by molar-refractivity contribution is 6.00. The molecule has 1 atom stereocenters. The minimum absolute atomic E-state index is 0.0685. The number of nitro benzene ring substituents is 1. The van der Waals surface area contributed by atoms with Crippen LogP contribution in [0.2, 0.25) is 0 Å². The van der Waals surface area contributed by atoms with Crippen molar-refractivity contribution >= 4 is 23.2 Å². The van der Waals surface area contributed by atoms with Crippen LogP contribution in [0.3, 0.4) is 0 Å². The van der Waals surface area contributed by atoms with Crippen LogP contribution in [-0.2, 0) is 9.59 Å². The lowest BCUT2D eigenvalue weighted by Gasteiger charge is -2.20. The Morgan fingerprint density at radius 1 is 1.27 bits per heavy atom. The molecule has 0 aromatic heterocycles. The van der Waals surface area contributed by atoms with E-state index in [2.05, 4.69) is 5.32 Å². The summed E-state index contributed by atoms with van der Waals surface area (Å²) in [6, 6.07) is 3.57. The van der Waals surface area contributed by atoms with Crippen molar-refractivity contribution < 1.29 is 18.9 Å². The molecule has 3 fully saturated rings. The Morgan fingerprint density at radius 2 is 1.92 bits per heavy atom. The maximum Gasteiger partial charge on any atom is 0.306 e. The minimum Gasteiger partial charge on any atom is -0.353 e. The second-order valence-electron chi connectivity index (χ2n) is 7.51. The van der Waals surface area contributed by atoms with Gasteiger partial charge in [-0.25, -0.2) is 0 Å². The molecule has 3 aliphatic rings. The Morgan fingerprint density at radius 3 is 2.50 bits per heavy atom. The van der Waals surface area contributed by atoms with Gasteiger partial charge in [0.25, 0.3) is 0 Å². The summed E-state index contributed by atoms with van der Waals surface area (Å²) in [7, 11) is 0. The van der Waals surface area contributed by atoms with Crippen LogP contribution in [0.4, 0.5) is 15.8 Å². The Balaban J connectivity index is 1.45. The third kappa shape index (κ3) is 3.27. The average Bonchev–Trinajstić information content (AvgIpc) is 3.51. The molecule has 7 nitrogen and oxygen atoms in total. The van der Waals surface area contributed by atoms with Crippen molar-refractivity contribution in [1.82, 2.24) is 5.32 Å². The van der Waals surface area contributed by atoms with E-state index in [1.807, 2.05) is 0 Å². The normalized spacial score (nSPS) is 22.8. The van der Waals surface area contributed by atoms with Crippen LogP contribution in [0.25, 0.3) is 0 Å². The summed E-state index contributed by atoms with van der Waals surface area (Å²) in [4.78, 5) is 36.3. The summed E-state index contributed by atoms with van der Waals surface area (Å²) >= 11 is 0. The number of carbonyl (C=O) groups is 2. The molecule has 1 heterocycles. The largest absolute Gasteiger partial charge is 0.353 e. The molecule has 1 N–H and O–H groups in total. The van der Waals surface area contributed by atoms with Crippen molar-refractivity contribution in [2.45, 2.75) is 38.1 Å². The van der Waals surface area contributed by atoms with E-state index in [4.69, 9.17) is 0 Å². The number of hydrogen-bond donors (Lipinski definition) is 1. The van der Waals surface area contributed by atoms with Gasteiger partial charge in [0.15, 0.2) is 0 Å². The van der Waals surface area contributed by atoms with E-state index in [9.17, 15) is 24.1 Å². The fraction of sp³-hybridized carbons (Fsp3) is 0.556. The molecule has 0 radical (unpaired) electrons. The van der Waals surface area contributed by atoms with Gasteiger partial charge in [-0.15, -0.1) is 0 Å². The van der Waals surface area contributed by atoms with Gasteiger partial charge in [0, 0.05) is 25.1 Å². The molecule has 0 bridgehead atoms. The van der Waals surface area contributed by atoms with Crippen LogP contribution < -0.4 is 10.2 Å². The lowest BCUT2D eigenvalue weighted by molar-refractivity contribution is -0.387. The highest BCUT2D eigenvalue weighted by Crippen LogP contribution is 2.44. The van der Waals surface area contributed by atoms with Gasteiger partial charge in [0.1, 0.15) is 0 Å². The van der Waals surface area contributed by atoms with Crippen molar-refractivity contribution in [3.8, 4) is 0 Å². The zero-order chi connectivity index (χ0) is 18.4. The molecule has 2 amide bonds. The van der Waals surface area contributed by atoms with Crippen molar-refractivity contribution in [3.05, 3.63) is 34.1 Å². The van der Waals surface area contributed by atoms with Gasteiger partial charge in [-0.05, 0) is 49.7 Å². The van der Waals surface area contributed by atoms with Crippen LogP contribution in [0.5, 0.6) is 0 Å². The lowest BCUT2D eigenvalue weighted by Crippen LogP contribution is -2.42. The number of halogens is 1. The summed E-state index contributed by atoms with van der Waals surface area (Å²) in [5.74, 6) is -0.691. The first-order valence-corrected chi connectivity index (χ1v) is 8.98. The number of nitrogens with zero attached hydrogens (tertiary/aromatic N) is 2. The Kier molecular flexibility index (Phi) is 4.13. The first kappa shape index (κ1) is 16.9. The van der Waals surface area contributed by atoms with Crippen LogP contribution in [-0.4, -0.2) is 29.3 Å². The monoisotopic (exact) mass is 361 g/mol. The van der Waals surface area contributed by atoms with Gasteiger partial charge in [-0.3, -0.25) is 19.7 Å². The number of carbonyl (C=O) groups excluding carboxylic acids is 2. The van der Waals surface area contributed by atoms with Gasteiger partial charge in [-0.1, -0.05) is 0 Å². The first-order chi connectivity index (χ1) is 12.4. The van der Waals surface area contributed by atoms with Crippen molar-refractivity contribution in [2.75, 3.05) is 11.4 Å². The molecular formula is C18H20FN3O4. The average molecular weight is 361 g/mol. The van der Waals surface area contributed by atoms with Gasteiger partial charge in [0.2, 0.25) is 17.6 Å². The molecule has 1 aromatic rings. The van der Waals surface area contributed by atoms with Crippen molar-refractivity contribution in [2.24, 2.45) is 17.8 Å². The van der Waals surface area contributed by atoms with Gasteiger partial charge in [-0.2, -0.15) is 4.39 Å². The molecule has 0 unspecified atom stereocenters. The zero-order valence-electron chi connectivity index (χ0n) is 14.2. The topological polar surface area (TPSA) is 92.6 Å². The van der Waals surface area contributed by atoms with Gasteiger partial charge in [0.05, 0.1) is 16.5 Å². The predicted molar refractivity (Wildman–Crippen MR) is 90.9 cm³/mol. The molecule has 1 aliphatic heterocycles. The SMILES string of the molecule is O=C(NC(C1CC1)C1CC1)[C@@H]1CC(=O)N(c2ccc(F)c([N+](=O)[O-])c2)C1. The quantitative estimate of drug-likeness (QED) is 0.622. The minimum atomic E-state index is -0.948. The second-order valence-corrected chi connectivity index (χ2v) is 7.51. The number of nitrogens with one attached hydrogen (secondary N) is 1. The molecule has 1 aromatic carbocycles. The van der Waals surface area contributed by atoms with E-state index >= 15 is 0 Å². The molecule has 0 spiro atoms. The van der Waals surface area contributed by atoms with Gasteiger partial charge < -0.3 is 10.2 Å². The van der Waals surface area contributed by atoms with Crippen molar-refractivity contribution in [1.29, 1.82) is 0 Å². The van der Waals surface area contributed by atoms with Crippen molar-refractivity contribution in [3.63, 3.8) is 0 Å². The summed E-state index contributed by atoms with van der Waals surface area (Å²) < 4.78 is 13.5. The Hall–Kier alpha value is -2.51. The summed E-state index contributed by atoms with van der Waals surface area (Å²) in [5, 5.41) is 14.0. The maximum absolute atomic E-state index is 13.5. The number of benzene rings is 1. The summed E-state index contributed by atoms with van der Waals surface area (Å²) in [6.45, 7) is 0.162. The number of nitro groups is 1. The first-order valence-electron chi connectivity index (χ1n) is 8.98. The van der Waals surface area contributed by atoms with E-state index in [0.29, 0.717) is 11.8 Å². The Labute approximate surface area is 149 Å². The smallest absolute Gasteiger partial charge is 0.306 e. The summed E-state index contributed by atoms with van der Waals surface area (Å²) in [6.07, 6.45) is 4.67. The highest BCUT2D eigenvalue weighted by Gasteiger charge is 2.44. The fourth-order valence-electron chi connectivity index (χ4n) is 3.76.